The minimum atomic E-state index is 0.662. The summed E-state index contributed by atoms with van der Waals surface area (Å²) < 4.78 is 0. The second kappa shape index (κ2) is 3.54. The zero-order valence-electron chi connectivity index (χ0n) is 8.61. The number of aliphatic imine (C=N–C) groups is 1. The maximum atomic E-state index is 4.27. The van der Waals surface area contributed by atoms with Gasteiger partial charge in [-0.05, 0) is 48.1 Å². The van der Waals surface area contributed by atoms with Gasteiger partial charge in [0.05, 0.1) is 0 Å². The first kappa shape index (κ1) is 8.72. The number of aromatic amines is 1. The van der Waals surface area contributed by atoms with Gasteiger partial charge in [-0.1, -0.05) is 12.1 Å². The number of benzene rings is 1. The van der Waals surface area contributed by atoms with Crippen LogP contribution in [0.25, 0.3) is 10.9 Å². The molecule has 1 aromatic carbocycles. The third kappa shape index (κ3) is 1.56. The predicted octanol–water partition coefficient (Wildman–Crippen LogP) is 3.12. The predicted molar refractivity (Wildman–Crippen MR) is 63.6 cm³/mol. The molecule has 1 N–H and O–H groups in total. The fourth-order valence-corrected chi connectivity index (χ4v) is 2.26. The van der Waals surface area contributed by atoms with Crippen LogP contribution < -0.4 is 0 Å². The second-order valence-corrected chi connectivity index (χ2v) is 4.13. The van der Waals surface area contributed by atoms with Gasteiger partial charge >= 0.3 is 0 Å². The highest BCUT2D eigenvalue weighted by Crippen LogP contribution is 2.27. The SMILES string of the molecule is C1=NCCC(c2ccc3cc[nH]c3c2)C1. The Bertz CT molecular complexity index is 496. The Morgan fingerprint density at radius 3 is 3.13 bits per heavy atom. The Morgan fingerprint density at radius 1 is 1.27 bits per heavy atom. The summed E-state index contributed by atoms with van der Waals surface area (Å²) >= 11 is 0. The number of rotatable bonds is 1. The zero-order valence-corrected chi connectivity index (χ0v) is 8.61. The van der Waals surface area contributed by atoms with E-state index in [9.17, 15) is 0 Å². The number of aromatic nitrogens is 1. The topological polar surface area (TPSA) is 28.1 Å². The summed E-state index contributed by atoms with van der Waals surface area (Å²) in [6, 6.07) is 8.84. The van der Waals surface area contributed by atoms with Crippen LogP contribution in [-0.4, -0.2) is 17.7 Å². The van der Waals surface area contributed by atoms with Crippen molar-refractivity contribution < 1.29 is 0 Å². The van der Waals surface area contributed by atoms with Crippen LogP contribution in [0, 0.1) is 0 Å². The van der Waals surface area contributed by atoms with Gasteiger partial charge in [-0.2, -0.15) is 0 Å². The largest absolute Gasteiger partial charge is 0.361 e. The average Bonchev–Trinajstić information content (AvgIpc) is 2.77. The van der Waals surface area contributed by atoms with E-state index in [4.69, 9.17) is 0 Å². The average molecular weight is 198 g/mol. The van der Waals surface area contributed by atoms with Crippen LogP contribution in [0.2, 0.25) is 0 Å². The van der Waals surface area contributed by atoms with Crippen LogP contribution in [-0.2, 0) is 0 Å². The summed E-state index contributed by atoms with van der Waals surface area (Å²) in [6.45, 7) is 0.980. The van der Waals surface area contributed by atoms with Gasteiger partial charge in [0.15, 0.2) is 0 Å². The third-order valence-electron chi connectivity index (χ3n) is 3.18. The molecule has 0 radical (unpaired) electrons. The molecule has 1 aliphatic rings. The highest BCUT2D eigenvalue weighted by molar-refractivity contribution is 5.80. The molecule has 1 aromatic heterocycles. The number of hydrogen-bond acceptors (Lipinski definition) is 1. The van der Waals surface area contributed by atoms with E-state index in [2.05, 4.69) is 40.5 Å². The van der Waals surface area contributed by atoms with Crippen molar-refractivity contribution >= 4 is 17.1 Å². The third-order valence-corrected chi connectivity index (χ3v) is 3.18. The summed E-state index contributed by atoms with van der Waals surface area (Å²) in [4.78, 5) is 7.54. The fourth-order valence-electron chi connectivity index (χ4n) is 2.26. The van der Waals surface area contributed by atoms with Gasteiger partial charge < -0.3 is 4.98 Å². The van der Waals surface area contributed by atoms with Crippen LogP contribution in [0.15, 0.2) is 35.5 Å². The standard InChI is InChI=1S/C13H14N2/c1-2-12(10-3-6-14-7-4-10)9-13-11(1)5-8-15-13/h1-2,5-6,8-10,15H,3-4,7H2. The number of fused-ring (bicyclic) bond motifs is 1. The minimum Gasteiger partial charge on any atom is -0.361 e. The molecule has 0 amide bonds. The van der Waals surface area contributed by atoms with Crippen LogP contribution in [0.3, 0.4) is 0 Å². The van der Waals surface area contributed by atoms with Gasteiger partial charge in [-0.3, -0.25) is 4.99 Å². The molecule has 0 fully saturated rings. The first-order valence-electron chi connectivity index (χ1n) is 5.49. The molecule has 2 nitrogen and oxygen atoms in total. The number of hydrogen-bond donors (Lipinski definition) is 1. The molecular weight excluding hydrogens is 184 g/mol. The van der Waals surface area contributed by atoms with Crippen molar-refractivity contribution in [2.24, 2.45) is 4.99 Å². The van der Waals surface area contributed by atoms with E-state index in [1.807, 2.05) is 6.20 Å². The molecule has 0 saturated heterocycles. The van der Waals surface area contributed by atoms with Gasteiger partial charge in [0.1, 0.15) is 0 Å². The van der Waals surface area contributed by atoms with Gasteiger partial charge in [0, 0.05) is 18.3 Å². The Kier molecular flexibility index (Phi) is 2.05. The molecule has 15 heavy (non-hydrogen) atoms. The zero-order chi connectivity index (χ0) is 10.1. The van der Waals surface area contributed by atoms with Gasteiger partial charge in [-0.25, -0.2) is 0 Å². The molecule has 2 aromatic rings. The molecule has 1 unspecified atom stereocenters. The molecule has 3 rings (SSSR count). The monoisotopic (exact) mass is 198 g/mol. The van der Waals surface area contributed by atoms with Crippen molar-refractivity contribution in [1.82, 2.24) is 4.98 Å². The molecule has 1 atom stereocenters. The van der Waals surface area contributed by atoms with E-state index < -0.39 is 0 Å². The fraction of sp³-hybridized carbons (Fsp3) is 0.308. The number of nitrogens with one attached hydrogen (secondary N) is 1. The van der Waals surface area contributed by atoms with Gasteiger partial charge in [-0.15, -0.1) is 0 Å². The highest BCUT2D eigenvalue weighted by atomic mass is 14.7. The maximum Gasteiger partial charge on any atom is 0.0456 e. The Balaban J connectivity index is 1.99. The molecular formula is C13H14N2. The minimum absolute atomic E-state index is 0.662. The highest BCUT2D eigenvalue weighted by Gasteiger charge is 2.13. The molecule has 0 spiro atoms. The van der Waals surface area contributed by atoms with E-state index in [-0.39, 0.29) is 0 Å². The van der Waals surface area contributed by atoms with Crippen LogP contribution in [0.5, 0.6) is 0 Å². The molecule has 76 valence electrons. The lowest BCUT2D eigenvalue weighted by Gasteiger charge is -2.17. The van der Waals surface area contributed by atoms with E-state index in [0.717, 1.165) is 13.0 Å². The van der Waals surface area contributed by atoms with Gasteiger partial charge in [0.25, 0.3) is 0 Å². The Labute approximate surface area is 89.0 Å². The molecule has 1 aliphatic heterocycles. The van der Waals surface area contributed by atoms with Crippen molar-refractivity contribution in [3.63, 3.8) is 0 Å². The van der Waals surface area contributed by atoms with E-state index in [0.29, 0.717) is 5.92 Å². The number of nitrogens with zero attached hydrogens (tertiary/aromatic N) is 1. The molecule has 2 heteroatoms. The van der Waals surface area contributed by atoms with Crippen LogP contribution in [0.4, 0.5) is 0 Å². The van der Waals surface area contributed by atoms with Crippen molar-refractivity contribution in [2.75, 3.05) is 6.54 Å². The summed E-state index contributed by atoms with van der Waals surface area (Å²) in [5, 5.41) is 1.29. The molecule has 0 bridgehead atoms. The number of H-pyrrole nitrogens is 1. The summed E-state index contributed by atoms with van der Waals surface area (Å²) in [7, 11) is 0. The van der Waals surface area contributed by atoms with Crippen molar-refractivity contribution in [3.05, 3.63) is 36.0 Å². The second-order valence-electron chi connectivity index (χ2n) is 4.13. The Morgan fingerprint density at radius 2 is 2.27 bits per heavy atom. The van der Waals surface area contributed by atoms with Crippen molar-refractivity contribution in [3.8, 4) is 0 Å². The molecule has 0 saturated carbocycles. The van der Waals surface area contributed by atoms with E-state index in [1.165, 1.54) is 22.9 Å². The first-order valence-corrected chi connectivity index (χ1v) is 5.49. The van der Waals surface area contributed by atoms with Crippen LogP contribution in [0.1, 0.15) is 24.3 Å². The van der Waals surface area contributed by atoms with Crippen LogP contribution >= 0.6 is 0 Å². The smallest absolute Gasteiger partial charge is 0.0456 e. The lowest BCUT2D eigenvalue weighted by molar-refractivity contribution is 0.638. The first-order chi connectivity index (χ1) is 7.43. The Hall–Kier alpha value is -1.57. The normalized spacial score (nSPS) is 20.9. The molecule has 2 heterocycles. The maximum absolute atomic E-state index is 4.27. The van der Waals surface area contributed by atoms with E-state index in [1.54, 1.807) is 0 Å². The lowest BCUT2D eigenvalue weighted by Crippen LogP contribution is -2.06. The van der Waals surface area contributed by atoms with Crippen molar-refractivity contribution in [1.29, 1.82) is 0 Å². The lowest BCUT2D eigenvalue weighted by atomic mass is 9.91. The summed E-state index contributed by atoms with van der Waals surface area (Å²) in [5.74, 6) is 0.662. The summed E-state index contributed by atoms with van der Waals surface area (Å²) in [6.07, 6.45) is 6.33. The van der Waals surface area contributed by atoms with Crippen molar-refractivity contribution in [2.45, 2.75) is 18.8 Å². The van der Waals surface area contributed by atoms with E-state index >= 15 is 0 Å². The summed E-state index contributed by atoms with van der Waals surface area (Å²) in [5.41, 5.74) is 2.69. The van der Waals surface area contributed by atoms with Gasteiger partial charge in [0.2, 0.25) is 0 Å². The molecule has 0 aliphatic carbocycles. The quantitative estimate of drug-likeness (QED) is 0.729.